The number of carbonyl (C=O) groups excluding carboxylic acids is 1. The summed E-state index contributed by atoms with van der Waals surface area (Å²) in [4.78, 5) is 18.2. The van der Waals surface area contributed by atoms with E-state index in [-0.39, 0.29) is 18.0 Å². The van der Waals surface area contributed by atoms with E-state index >= 15 is 0 Å². The number of hydrogen-bond acceptors (Lipinski definition) is 2. The van der Waals surface area contributed by atoms with Gasteiger partial charge in [-0.15, -0.1) is 0 Å². The van der Waals surface area contributed by atoms with Gasteiger partial charge in [-0.3, -0.25) is 4.79 Å². The molecule has 1 fully saturated rings. The third-order valence-electron chi connectivity index (χ3n) is 4.63. The van der Waals surface area contributed by atoms with Crippen molar-refractivity contribution in [1.29, 1.82) is 0 Å². The largest absolute Gasteiger partial charge is 0.416 e. The lowest BCUT2D eigenvalue weighted by Gasteiger charge is -2.22. The zero-order valence-electron chi connectivity index (χ0n) is 14.7. The van der Waals surface area contributed by atoms with Crippen LogP contribution in [-0.4, -0.2) is 26.9 Å². The molecule has 4 nitrogen and oxygen atoms in total. The average molecular weight is 365 g/mol. The lowest BCUT2D eigenvalue weighted by atomic mass is 10.1. The van der Waals surface area contributed by atoms with Gasteiger partial charge in [0.25, 0.3) is 0 Å². The molecule has 26 heavy (non-hydrogen) atoms. The highest BCUT2D eigenvalue weighted by Crippen LogP contribution is 2.32. The third-order valence-corrected chi connectivity index (χ3v) is 4.63. The molecule has 140 valence electrons. The summed E-state index contributed by atoms with van der Waals surface area (Å²) in [7, 11) is 0. The highest BCUT2D eigenvalue weighted by Gasteiger charge is 2.33. The predicted molar refractivity (Wildman–Crippen MR) is 91.2 cm³/mol. The number of carbonyl (C=O) groups is 1. The van der Waals surface area contributed by atoms with Gasteiger partial charge in [-0.2, -0.15) is 13.2 Å². The van der Waals surface area contributed by atoms with Gasteiger partial charge in [-0.25, -0.2) is 4.98 Å². The quantitative estimate of drug-likeness (QED) is 0.741. The van der Waals surface area contributed by atoms with Crippen LogP contribution in [0.15, 0.2) is 36.7 Å². The molecule has 0 aliphatic heterocycles. The van der Waals surface area contributed by atoms with Crippen molar-refractivity contribution in [1.82, 2.24) is 14.5 Å². The van der Waals surface area contributed by atoms with Gasteiger partial charge in [0.05, 0.1) is 12.1 Å². The Labute approximate surface area is 150 Å². The molecule has 0 spiro atoms. The van der Waals surface area contributed by atoms with E-state index in [0.29, 0.717) is 31.3 Å². The van der Waals surface area contributed by atoms with Crippen LogP contribution in [0.1, 0.15) is 43.1 Å². The zero-order valence-corrected chi connectivity index (χ0v) is 14.7. The van der Waals surface area contributed by atoms with Crippen LogP contribution < -0.4 is 0 Å². The van der Waals surface area contributed by atoms with Gasteiger partial charge >= 0.3 is 6.18 Å². The number of imidazole rings is 1. The summed E-state index contributed by atoms with van der Waals surface area (Å²) in [6.07, 6.45) is 1.49. The Hall–Kier alpha value is -2.31. The first-order chi connectivity index (χ1) is 12.4. The Morgan fingerprint density at radius 2 is 2.04 bits per heavy atom. The molecule has 7 heteroatoms. The molecule has 0 N–H and O–H groups in total. The molecule has 1 aliphatic carbocycles. The number of halogens is 3. The van der Waals surface area contributed by atoms with Gasteiger partial charge < -0.3 is 9.47 Å². The van der Waals surface area contributed by atoms with Crippen LogP contribution in [-0.2, 0) is 24.1 Å². The lowest BCUT2D eigenvalue weighted by molar-refractivity contribution is -0.138. The first-order valence-corrected chi connectivity index (χ1v) is 8.81. The fourth-order valence-electron chi connectivity index (χ4n) is 3.01. The first-order valence-electron chi connectivity index (χ1n) is 8.81. The summed E-state index contributed by atoms with van der Waals surface area (Å²) in [6, 6.07) is 5.55. The van der Waals surface area contributed by atoms with Crippen LogP contribution in [0.25, 0.3) is 0 Å². The van der Waals surface area contributed by atoms with Gasteiger partial charge in [0.15, 0.2) is 0 Å². The van der Waals surface area contributed by atoms with Crippen LogP contribution in [0.5, 0.6) is 0 Å². The van der Waals surface area contributed by atoms with E-state index in [1.165, 1.54) is 12.1 Å². The van der Waals surface area contributed by atoms with Crippen molar-refractivity contribution in [3.05, 3.63) is 53.6 Å². The molecule has 0 unspecified atom stereocenters. The minimum absolute atomic E-state index is 0.0436. The van der Waals surface area contributed by atoms with Crippen molar-refractivity contribution in [2.45, 2.75) is 45.5 Å². The minimum Gasteiger partial charge on any atom is -0.335 e. The molecule has 0 saturated heterocycles. The summed E-state index contributed by atoms with van der Waals surface area (Å²) in [5, 5.41) is 0. The van der Waals surface area contributed by atoms with Crippen molar-refractivity contribution in [3.63, 3.8) is 0 Å². The van der Waals surface area contributed by atoms with E-state index in [1.54, 1.807) is 27.9 Å². The fourth-order valence-corrected chi connectivity index (χ4v) is 3.01. The number of nitrogens with zero attached hydrogens (tertiary/aromatic N) is 3. The summed E-state index contributed by atoms with van der Waals surface area (Å²) in [5.41, 5.74) is -0.450. The summed E-state index contributed by atoms with van der Waals surface area (Å²) < 4.78 is 41.3. The molecule has 1 saturated carbocycles. The highest BCUT2D eigenvalue weighted by atomic mass is 19.4. The predicted octanol–water partition coefficient (Wildman–Crippen LogP) is 4.10. The van der Waals surface area contributed by atoms with Gasteiger partial charge in [-0.05, 0) is 30.4 Å². The molecular formula is C19H22F3N3O. The number of rotatable bonds is 7. The maximum Gasteiger partial charge on any atom is 0.416 e. The number of hydrogen-bond donors (Lipinski definition) is 0. The average Bonchev–Trinajstić information content (AvgIpc) is 3.32. The second kappa shape index (κ2) is 7.51. The zero-order chi connectivity index (χ0) is 18.7. The van der Waals surface area contributed by atoms with Crippen LogP contribution in [0.3, 0.4) is 0 Å². The van der Waals surface area contributed by atoms with Crippen LogP contribution >= 0.6 is 0 Å². The number of amides is 1. The molecule has 0 radical (unpaired) electrons. The number of aromatic nitrogens is 2. The molecule has 1 aromatic heterocycles. The Morgan fingerprint density at radius 3 is 2.69 bits per heavy atom. The normalized spacial score (nSPS) is 14.5. The van der Waals surface area contributed by atoms with E-state index in [9.17, 15) is 18.0 Å². The fraction of sp³-hybridized carbons (Fsp3) is 0.474. The Bertz CT molecular complexity index is 765. The SMILES string of the molecule is CCC(=O)N(Cc1nccn1Cc1ccccc1C(F)(F)F)CC1CC1. The molecule has 1 heterocycles. The van der Waals surface area contributed by atoms with E-state index < -0.39 is 11.7 Å². The molecule has 0 atom stereocenters. The van der Waals surface area contributed by atoms with E-state index in [2.05, 4.69) is 4.98 Å². The van der Waals surface area contributed by atoms with Crippen molar-refractivity contribution in [2.75, 3.05) is 6.54 Å². The van der Waals surface area contributed by atoms with Gasteiger partial charge in [0.1, 0.15) is 5.82 Å². The lowest BCUT2D eigenvalue weighted by Crippen LogP contribution is -2.33. The van der Waals surface area contributed by atoms with E-state index in [1.807, 2.05) is 6.92 Å². The van der Waals surface area contributed by atoms with Crippen molar-refractivity contribution >= 4 is 5.91 Å². The molecule has 1 aliphatic rings. The monoisotopic (exact) mass is 365 g/mol. The van der Waals surface area contributed by atoms with Crippen molar-refractivity contribution in [2.24, 2.45) is 5.92 Å². The van der Waals surface area contributed by atoms with E-state index in [4.69, 9.17) is 0 Å². The molecule has 0 bridgehead atoms. The molecule has 1 aromatic carbocycles. The standard InChI is InChI=1S/C19H22F3N3O/c1-2-18(26)25(11-14-7-8-14)13-17-23-9-10-24(17)12-15-5-3-4-6-16(15)19(20,21)22/h3-6,9-10,14H,2,7-8,11-13H2,1H3. The van der Waals surface area contributed by atoms with Crippen LogP contribution in [0.4, 0.5) is 13.2 Å². The topological polar surface area (TPSA) is 38.1 Å². The number of benzene rings is 1. The summed E-state index contributed by atoms with van der Waals surface area (Å²) >= 11 is 0. The second-order valence-electron chi connectivity index (χ2n) is 6.70. The minimum atomic E-state index is -4.40. The van der Waals surface area contributed by atoms with Gasteiger partial charge in [0.2, 0.25) is 5.91 Å². The van der Waals surface area contributed by atoms with Crippen LogP contribution in [0, 0.1) is 5.92 Å². The summed E-state index contributed by atoms with van der Waals surface area (Å²) in [6.45, 7) is 2.90. The highest BCUT2D eigenvalue weighted by molar-refractivity contribution is 5.75. The van der Waals surface area contributed by atoms with Crippen molar-refractivity contribution in [3.8, 4) is 0 Å². The van der Waals surface area contributed by atoms with Crippen LogP contribution in [0.2, 0.25) is 0 Å². The summed E-state index contributed by atoms with van der Waals surface area (Å²) in [5.74, 6) is 1.19. The molecule has 2 aromatic rings. The number of alkyl halides is 3. The second-order valence-corrected chi connectivity index (χ2v) is 6.70. The third kappa shape index (κ3) is 4.45. The van der Waals surface area contributed by atoms with Gasteiger partial charge in [0, 0.05) is 31.9 Å². The first kappa shape index (κ1) is 18.5. The van der Waals surface area contributed by atoms with Gasteiger partial charge in [-0.1, -0.05) is 25.1 Å². The molecular weight excluding hydrogens is 343 g/mol. The molecule has 1 amide bonds. The maximum atomic E-state index is 13.2. The maximum absolute atomic E-state index is 13.2. The molecule has 3 rings (SSSR count). The van der Waals surface area contributed by atoms with Crippen molar-refractivity contribution < 1.29 is 18.0 Å². The smallest absolute Gasteiger partial charge is 0.335 e. The Balaban J connectivity index is 1.79. The Morgan fingerprint density at radius 1 is 1.31 bits per heavy atom. The van der Waals surface area contributed by atoms with E-state index in [0.717, 1.165) is 18.9 Å². The Kier molecular flexibility index (Phi) is 5.34.